The zero-order valence-corrected chi connectivity index (χ0v) is 19.4. The molecule has 0 saturated carbocycles. The fourth-order valence-corrected chi connectivity index (χ4v) is 4.07. The second-order valence-electron chi connectivity index (χ2n) is 7.36. The minimum absolute atomic E-state index is 0.00360. The number of aryl methyl sites for hydroxylation is 1. The molecule has 0 aliphatic rings. The summed E-state index contributed by atoms with van der Waals surface area (Å²) in [5.74, 6) is 8.33. The molecule has 0 saturated heterocycles. The quantitative estimate of drug-likeness (QED) is 0.147. The highest BCUT2D eigenvalue weighted by Gasteiger charge is 2.18. The Morgan fingerprint density at radius 1 is 1.19 bits per heavy atom. The lowest BCUT2D eigenvalue weighted by atomic mass is 10.1. The zero-order chi connectivity index (χ0) is 22.9. The number of unbranched alkanes of at least 4 members (excludes halogenated alkanes) is 4. The van der Waals surface area contributed by atoms with Crippen molar-refractivity contribution in [2.45, 2.75) is 57.7 Å². The Morgan fingerprint density at radius 3 is 2.81 bits per heavy atom. The highest BCUT2D eigenvalue weighted by atomic mass is 32.2. The molecule has 0 spiro atoms. The van der Waals surface area contributed by atoms with Gasteiger partial charge in [-0.05, 0) is 17.4 Å². The number of thioether (sulfide) groups is 1. The molecule has 0 N–H and O–H groups in total. The third kappa shape index (κ3) is 5.95. The number of hydrogen-bond acceptors (Lipinski definition) is 7. The van der Waals surface area contributed by atoms with E-state index in [2.05, 4.69) is 38.9 Å². The van der Waals surface area contributed by atoms with Gasteiger partial charge >= 0.3 is 5.82 Å². The fraction of sp³-hybridized carbons (Fsp3) is 0.455. The van der Waals surface area contributed by atoms with Crippen LogP contribution in [0.25, 0.3) is 11.4 Å². The minimum Gasteiger partial charge on any atom is -0.358 e. The molecule has 3 aromatic heterocycles. The SMILES string of the molecule is CCCCCCC#Cc1cncc(-c2nnc(SCCn3c([N+](=O)[O-])cnc3C)n2C)c1. The van der Waals surface area contributed by atoms with Gasteiger partial charge in [-0.25, -0.2) is 9.55 Å². The van der Waals surface area contributed by atoms with Crippen molar-refractivity contribution in [1.82, 2.24) is 29.3 Å². The number of hydrogen-bond donors (Lipinski definition) is 0. The molecular weight excluding hydrogens is 426 g/mol. The van der Waals surface area contributed by atoms with Crippen LogP contribution in [0.15, 0.2) is 29.8 Å². The van der Waals surface area contributed by atoms with Gasteiger partial charge in [-0.15, -0.1) is 10.2 Å². The molecule has 3 heterocycles. The maximum Gasteiger partial charge on any atom is 0.342 e. The third-order valence-corrected chi connectivity index (χ3v) is 5.99. The van der Waals surface area contributed by atoms with E-state index in [1.807, 2.05) is 17.7 Å². The van der Waals surface area contributed by atoms with Crippen molar-refractivity contribution < 1.29 is 4.92 Å². The van der Waals surface area contributed by atoms with E-state index in [4.69, 9.17) is 0 Å². The molecule has 0 bridgehead atoms. The first-order valence-electron chi connectivity index (χ1n) is 10.6. The lowest BCUT2D eigenvalue weighted by Gasteiger charge is -2.05. The highest BCUT2D eigenvalue weighted by molar-refractivity contribution is 7.99. The Morgan fingerprint density at radius 2 is 2.03 bits per heavy atom. The van der Waals surface area contributed by atoms with Gasteiger partial charge in [0.1, 0.15) is 12.7 Å². The summed E-state index contributed by atoms with van der Waals surface area (Å²) in [7, 11) is 1.90. The molecule has 0 fully saturated rings. The summed E-state index contributed by atoms with van der Waals surface area (Å²) < 4.78 is 3.50. The molecule has 32 heavy (non-hydrogen) atoms. The average molecular weight is 454 g/mol. The van der Waals surface area contributed by atoms with Crippen molar-refractivity contribution in [3.05, 3.63) is 46.2 Å². The van der Waals surface area contributed by atoms with E-state index in [0.717, 1.165) is 29.1 Å². The summed E-state index contributed by atoms with van der Waals surface area (Å²) >= 11 is 1.49. The fourth-order valence-electron chi connectivity index (χ4n) is 3.23. The van der Waals surface area contributed by atoms with Gasteiger partial charge in [0, 0.05) is 49.7 Å². The van der Waals surface area contributed by atoms with Crippen LogP contribution in [0.5, 0.6) is 0 Å². The first kappa shape index (κ1) is 23.5. The smallest absolute Gasteiger partial charge is 0.342 e. The van der Waals surface area contributed by atoms with Crippen LogP contribution < -0.4 is 0 Å². The molecule has 0 radical (unpaired) electrons. The van der Waals surface area contributed by atoms with Gasteiger partial charge in [-0.1, -0.05) is 49.8 Å². The molecule has 0 aromatic carbocycles. The summed E-state index contributed by atoms with van der Waals surface area (Å²) in [6.45, 7) is 4.41. The van der Waals surface area contributed by atoms with E-state index < -0.39 is 4.92 Å². The monoisotopic (exact) mass is 453 g/mol. The number of imidazole rings is 1. The molecule has 3 rings (SSSR count). The molecule has 9 nitrogen and oxygen atoms in total. The minimum atomic E-state index is -0.417. The first-order chi connectivity index (χ1) is 15.5. The van der Waals surface area contributed by atoms with E-state index in [-0.39, 0.29) is 5.82 Å². The molecular formula is C22H27N7O2S. The Balaban J connectivity index is 1.63. The highest BCUT2D eigenvalue weighted by Crippen LogP contribution is 2.24. The molecule has 0 aliphatic heterocycles. The average Bonchev–Trinajstić information content (AvgIpc) is 3.33. The number of aromatic nitrogens is 6. The summed E-state index contributed by atoms with van der Waals surface area (Å²) in [5.41, 5.74) is 1.71. The number of nitrogens with zero attached hydrogens (tertiary/aromatic N) is 7. The Bertz CT molecular complexity index is 1130. The van der Waals surface area contributed by atoms with Crippen LogP contribution in [0, 0.1) is 28.9 Å². The second kappa shape index (κ2) is 11.4. The van der Waals surface area contributed by atoms with Crippen molar-refractivity contribution in [2.24, 2.45) is 7.05 Å². The Kier molecular flexibility index (Phi) is 8.39. The topological polar surface area (TPSA) is 105 Å². The number of rotatable bonds is 10. The molecule has 3 aromatic rings. The van der Waals surface area contributed by atoms with Gasteiger partial charge < -0.3 is 14.7 Å². The lowest BCUT2D eigenvalue weighted by molar-refractivity contribution is -0.392. The van der Waals surface area contributed by atoms with Crippen LogP contribution in [-0.4, -0.2) is 40.0 Å². The summed E-state index contributed by atoms with van der Waals surface area (Å²) in [6, 6.07) is 1.97. The van der Waals surface area contributed by atoms with Gasteiger partial charge in [-0.3, -0.25) is 4.98 Å². The standard InChI is InChI=1S/C22H27N7O2S/c1-4-5-6-7-8-9-10-18-13-19(15-23-14-18)21-25-26-22(27(21)3)32-12-11-28-17(2)24-16-20(28)29(30)31/h13-16H,4-8,11-12H2,1-3H3. The zero-order valence-electron chi connectivity index (χ0n) is 18.6. The summed E-state index contributed by atoms with van der Waals surface area (Å²) in [5, 5.41) is 20.5. The predicted octanol–water partition coefficient (Wildman–Crippen LogP) is 4.40. The largest absolute Gasteiger partial charge is 0.358 e. The Hall–Kier alpha value is -3.19. The van der Waals surface area contributed by atoms with E-state index in [1.165, 1.54) is 37.2 Å². The lowest BCUT2D eigenvalue weighted by Crippen LogP contribution is -2.07. The van der Waals surface area contributed by atoms with Crippen molar-refractivity contribution in [3.63, 3.8) is 0 Å². The van der Waals surface area contributed by atoms with Crippen LogP contribution in [0.2, 0.25) is 0 Å². The van der Waals surface area contributed by atoms with Crippen LogP contribution >= 0.6 is 11.8 Å². The third-order valence-electron chi connectivity index (χ3n) is 4.99. The second-order valence-corrected chi connectivity index (χ2v) is 8.42. The van der Waals surface area contributed by atoms with Crippen LogP contribution in [0.1, 0.15) is 50.4 Å². The van der Waals surface area contributed by atoms with E-state index in [0.29, 0.717) is 23.9 Å². The summed E-state index contributed by atoms with van der Waals surface area (Å²) in [6.07, 6.45) is 10.5. The molecule has 0 atom stereocenters. The van der Waals surface area contributed by atoms with E-state index >= 15 is 0 Å². The van der Waals surface area contributed by atoms with Crippen LogP contribution in [0.4, 0.5) is 5.82 Å². The molecule has 0 unspecified atom stereocenters. The number of pyridine rings is 1. The predicted molar refractivity (Wildman–Crippen MR) is 124 cm³/mol. The normalized spacial score (nSPS) is 10.7. The van der Waals surface area contributed by atoms with Gasteiger partial charge in [0.05, 0.1) is 0 Å². The summed E-state index contributed by atoms with van der Waals surface area (Å²) in [4.78, 5) is 19.1. The van der Waals surface area contributed by atoms with Crippen molar-refractivity contribution in [1.29, 1.82) is 0 Å². The Labute approximate surface area is 191 Å². The van der Waals surface area contributed by atoms with E-state index in [9.17, 15) is 10.1 Å². The van der Waals surface area contributed by atoms with Crippen molar-refractivity contribution in [3.8, 4) is 23.2 Å². The maximum atomic E-state index is 11.1. The van der Waals surface area contributed by atoms with Crippen LogP contribution in [-0.2, 0) is 13.6 Å². The van der Waals surface area contributed by atoms with Gasteiger partial charge in [0.2, 0.25) is 0 Å². The van der Waals surface area contributed by atoms with Gasteiger partial charge in [0.15, 0.2) is 16.8 Å². The first-order valence-corrected chi connectivity index (χ1v) is 11.6. The van der Waals surface area contributed by atoms with Crippen molar-refractivity contribution >= 4 is 17.6 Å². The molecule has 10 heteroatoms. The van der Waals surface area contributed by atoms with Crippen molar-refractivity contribution in [2.75, 3.05) is 5.75 Å². The molecule has 0 aliphatic carbocycles. The maximum absolute atomic E-state index is 11.1. The van der Waals surface area contributed by atoms with E-state index in [1.54, 1.807) is 23.9 Å². The molecule has 168 valence electrons. The van der Waals surface area contributed by atoms with Gasteiger partial charge in [-0.2, -0.15) is 0 Å². The van der Waals surface area contributed by atoms with Crippen LogP contribution in [0.3, 0.4) is 0 Å². The molecule has 0 amide bonds. The van der Waals surface area contributed by atoms with Gasteiger partial charge in [0.25, 0.3) is 0 Å². The number of nitro groups is 1.